The van der Waals surface area contributed by atoms with Gasteiger partial charge in [-0.2, -0.15) is 0 Å². The van der Waals surface area contributed by atoms with E-state index in [-0.39, 0.29) is 0 Å². The van der Waals surface area contributed by atoms with E-state index in [1.54, 1.807) is 0 Å². The molecule has 0 aromatic heterocycles. The van der Waals surface area contributed by atoms with Crippen molar-refractivity contribution in [2.24, 2.45) is 0 Å². The van der Waals surface area contributed by atoms with Crippen molar-refractivity contribution < 1.29 is 13.3 Å². The molecule has 0 radical (unpaired) electrons. The van der Waals surface area contributed by atoms with Gasteiger partial charge in [0.15, 0.2) is 0 Å². The predicted octanol–water partition coefficient (Wildman–Crippen LogP) is 2.90. The molecule has 0 aliphatic heterocycles. The number of rotatable bonds is 6. The van der Waals surface area contributed by atoms with E-state index >= 15 is 0 Å². The molecule has 0 fully saturated rings. The third-order valence-electron chi connectivity index (χ3n) is 2.25. The van der Waals surface area contributed by atoms with Gasteiger partial charge in [-0.05, 0) is 31.2 Å². The lowest BCUT2D eigenvalue weighted by Gasteiger charge is -2.17. The van der Waals surface area contributed by atoms with Gasteiger partial charge in [0, 0.05) is 6.61 Å². The van der Waals surface area contributed by atoms with Gasteiger partial charge in [-0.3, -0.25) is 0 Å². The quantitative estimate of drug-likeness (QED) is 0.747. The van der Waals surface area contributed by atoms with Crippen LogP contribution in [-0.2, 0) is 4.43 Å². The molecule has 0 unspecified atom stereocenters. The van der Waals surface area contributed by atoms with E-state index in [4.69, 9.17) is 13.3 Å². The smallest absolute Gasteiger partial charge is 0.494 e. The molecule has 0 N–H and O–H groups in total. The van der Waals surface area contributed by atoms with Crippen LogP contribution in [0.2, 0.25) is 0 Å². The first-order valence-electron chi connectivity index (χ1n) is 5.93. The Morgan fingerprint density at radius 3 is 1.61 bits per heavy atom. The third-order valence-corrected chi connectivity index (χ3v) is 3.79. The Morgan fingerprint density at radius 2 is 1.22 bits per heavy atom. The molecule has 2 rings (SSSR count). The topological polar surface area (TPSA) is 27.7 Å². The first-order chi connectivity index (χ1) is 8.88. The van der Waals surface area contributed by atoms with Gasteiger partial charge in [0.1, 0.15) is 11.5 Å². The highest BCUT2D eigenvalue weighted by molar-refractivity contribution is 6.38. The Morgan fingerprint density at radius 1 is 0.778 bits per heavy atom. The lowest BCUT2D eigenvalue weighted by Crippen LogP contribution is -2.33. The zero-order chi connectivity index (χ0) is 12.6. The normalized spacial score (nSPS) is 10.3. The van der Waals surface area contributed by atoms with E-state index in [9.17, 15) is 0 Å². The van der Waals surface area contributed by atoms with Crippen LogP contribution in [0.5, 0.6) is 11.5 Å². The average Bonchev–Trinajstić information content (AvgIpc) is 2.41. The summed E-state index contributed by atoms with van der Waals surface area (Å²) in [5.41, 5.74) is 0. The molecule has 0 bridgehead atoms. The van der Waals surface area contributed by atoms with E-state index in [0.29, 0.717) is 6.61 Å². The Kier molecular flexibility index (Phi) is 4.81. The molecule has 2 aromatic carbocycles. The molecular weight excluding hydrogens is 244 g/mol. The van der Waals surface area contributed by atoms with E-state index in [0.717, 1.165) is 11.5 Å². The maximum Gasteiger partial charge on any atom is 0.615 e. The largest absolute Gasteiger partial charge is 0.615 e. The second-order valence-corrected chi connectivity index (χ2v) is 4.99. The maximum absolute atomic E-state index is 5.75. The van der Waals surface area contributed by atoms with Crippen LogP contribution in [0, 0.1) is 0 Å². The molecule has 0 saturated carbocycles. The zero-order valence-corrected chi connectivity index (χ0v) is 11.4. The molecule has 0 atom stereocenters. The summed E-state index contributed by atoms with van der Waals surface area (Å²) in [5, 5.41) is 0. The van der Waals surface area contributed by atoms with Gasteiger partial charge in [-0.25, -0.2) is 0 Å². The molecule has 0 amide bonds. The molecule has 0 aliphatic rings. The summed E-state index contributed by atoms with van der Waals surface area (Å²) in [6, 6.07) is 19.2. The van der Waals surface area contributed by atoms with Gasteiger partial charge >= 0.3 is 9.53 Å². The lowest BCUT2D eigenvalue weighted by molar-refractivity contribution is 0.212. The number of hydrogen-bond acceptors (Lipinski definition) is 3. The molecule has 0 saturated heterocycles. The van der Waals surface area contributed by atoms with Gasteiger partial charge in [-0.15, -0.1) is 0 Å². The van der Waals surface area contributed by atoms with Gasteiger partial charge < -0.3 is 13.3 Å². The molecule has 0 aliphatic carbocycles. The van der Waals surface area contributed by atoms with Crippen molar-refractivity contribution in [3.05, 3.63) is 60.7 Å². The van der Waals surface area contributed by atoms with E-state index in [2.05, 4.69) is 0 Å². The lowest BCUT2D eigenvalue weighted by atomic mass is 10.3. The first kappa shape index (κ1) is 12.7. The van der Waals surface area contributed by atoms with Crippen molar-refractivity contribution in [2.75, 3.05) is 6.61 Å². The van der Waals surface area contributed by atoms with Crippen LogP contribution in [0.15, 0.2) is 60.7 Å². The van der Waals surface area contributed by atoms with E-state index in [1.807, 2.05) is 67.6 Å². The second kappa shape index (κ2) is 6.83. The molecule has 94 valence electrons. The van der Waals surface area contributed by atoms with Gasteiger partial charge in [0.05, 0.1) is 0 Å². The molecule has 2 aromatic rings. The number of benzene rings is 2. The van der Waals surface area contributed by atoms with Crippen LogP contribution in [0.1, 0.15) is 6.92 Å². The second-order valence-electron chi connectivity index (χ2n) is 3.61. The van der Waals surface area contributed by atoms with Gasteiger partial charge in [0.25, 0.3) is 0 Å². The summed E-state index contributed by atoms with van der Waals surface area (Å²) in [5.74, 6) is 1.55. The summed E-state index contributed by atoms with van der Waals surface area (Å²) < 4.78 is 17.1. The number of para-hydroxylation sites is 2. The van der Waals surface area contributed by atoms with Gasteiger partial charge in [-0.1, -0.05) is 36.4 Å². The van der Waals surface area contributed by atoms with Crippen molar-refractivity contribution in [2.45, 2.75) is 6.92 Å². The van der Waals surface area contributed by atoms with Crippen molar-refractivity contribution >= 4 is 9.53 Å². The number of hydrogen-bond donors (Lipinski definition) is 0. The predicted molar refractivity (Wildman–Crippen MR) is 72.9 cm³/mol. The van der Waals surface area contributed by atoms with E-state index in [1.165, 1.54) is 0 Å². The van der Waals surface area contributed by atoms with Crippen molar-refractivity contribution in [3.63, 3.8) is 0 Å². The fourth-order valence-electron chi connectivity index (χ4n) is 1.45. The monoisotopic (exact) mass is 260 g/mol. The highest BCUT2D eigenvalue weighted by Gasteiger charge is 2.18. The Balaban J connectivity index is 2.00. The average molecular weight is 260 g/mol. The fraction of sp³-hybridized carbons (Fsp3) is 0.143. The standard InChI is InChI=1S/C14H16O3Si/c1-2-15-18(16-13-9-5-3-6-10-13)17-14-11-7-4-8-12-14/h3-12,18H,2H2,1H3. The highest BCUT2D eigenvalue weighted by atomic mass is 28.3. The maximum atomic E-state index is 5.75. The Labute approximate surface area is 109 Å². The van der Waals surface area contributed by atoms with Crippen molar-refractivity contribution in [1.29, 1.82) is 0 Å². The minimum Gasteiger partial charge on any atom is -0.494 e. The summed E-state index contributed by atoms with van der Waals surface area (Å²) in [6.07, 6.45) is 0. The van der Waals surface area contributed by atoms with Crippen LogP contribution in [-0.4, -0.2) is 16.1 Å². The molecule has 0 spiro atoms. The van der Waals surface area contributed by atoms with Crippen LogP contribution >= 0.6 is 0 Å². The Bertz CT molecular complexity index is 406. The molecule has 18 heavy (non-hydrogen) atoms. The van der Waals surface area contributed by atoms with Crippen molar-refractivity contribution in [3.8, 4) is 11.5 Å². The van der Waals surface area contributed by atoms with Crippen LogP contribution < -0.4 is 8.85 Å². The summed E-state index contributed by atoms with van der Waals surface area (Å²) in [4.78, 5) is 0. The summed E-state index contributed by atoms with van der Waals surface area (Å²) in [7, 11) is -2.19. The fourth-order valence-corrected chi connectivity index (χ4v) is 2.66. The zero-order valence-electron chi connectivity index (χ0n) is 10.3. The Hall–Kier alpha value is -1.78. The third kappa shape index (κ3) is 3.91. The van der Waals surface area contributed by atoms with Crippen LogP contribution in [0.3, 0.4) is 0 Å². The highest BCUT2D eigenvalue weighted by Crippen LogP contribution is 2.14. The minimum absolute atomic E-state index is 0.580. The molecule has 0 heterocycles. The molecular formula is C14H16O3Si. The first-order valence-corrected chi connectivity index (χ1v) is 7.35. The summed E-state index contributed by atoms with van der Waals surface area (Å²) in [6.45, 7) is 2.51. The molecule has 4 heteroatoms. The summed E-state index contributed by atoms with van der Waals surface area (Å²) >= 11 is 0. The SMILES string of the molecule is CCO[SiH](Oc1ccccc1)Oc1ccccc1. The van der Waals surface area contributed by atoms with Crippen LogP contribution in [0.4, 0.5) is 0 Å². The molecule has 3 nitrogen and oxygen atoms in total. The minimum atomic E-state index is -2.19. The van der Waals surface area contributed by atoms with Crippen LogP contribution in [0.25, 0.3) is 0 Å². The van der Waals surface area contributed by atoms with E-state index < -0.39 is 9.53 Å². The van der Waals surface area contributed by atoms with Crippen molar-refractivity contribution in [1.82, 2.24) is 0 Å². The van der Waals surface area contributed by atoms with Gasteiger partial charge in [0.2, 0.25) is 0 Å².